The van der Waals surface area contributed by atoms with Crippen LogP contribution in [0, 0.1) is 0 Å². The fourth-order valence-corrected chi connectivity index (χ4v) is 3.43. The van der Waals surface area contributed by atoms with E-state index in [0.717, 1.165) is 44.8 Å². The van der Waals surface area contributed by atoms with Crippen LogP contribution in [0.15, 0.2) is 72.8 Å². The van der Waals surface area contributed by atoms with Crippen LogP contribution in [-0.4, -0.2) is 11.8 Å². The summed E-state index contributed by atoms with van der Waals surface area (Å²) in [5.74, 6) is 1.52. The standard InChI is InChI=1S/C22H14ClNO2.ClH/c23-16-7-8-19-18(11-16)17(14-4-2-1-3-5-14)12-20(24-19)15-6-9-21-22(10-15)26-13-25-21;/h1-12H,13H2;1H/p-1. The minimum Gasteiger partial charge on any atom is -1.00 e. The van der Waals surface area contributed by atoms with Gasteiger partial charge in [0.05, 0.1) is 11.2 Å². The maximum absolute atomic E-state index is 6.24. The van der Waals surface area contributed by atoms with Crippen LogP contribution in [0.4, 0.5) is 0 Å². The minimum absolute atomic E-state index is 0. The average molecular weight is 395 g/mol. The van der Waals surface area contributed by atoms with E-state index in [4.69, 9.17) is 26.1 Å². The predicted molar refractivity (Wildman–Crippen MR) is 104 cm³/mol. The Balaban J connectivity index is 0.00000180. The van der Waals surface area contributed by atoms with Gasteiger partial charge >= 0.3 is 0 Å². The molecule has 3 aromatic carbocycles. The summed E-state index contributed by atoms with van der Waals surface area (Å²) in [6.45, 7) is 0.262. The number of hydrogen-bond acceptors (Lipinski definition) is 3. The van der Waals surface area contributed by atoms with Gasteiger partial charge < -0.3 is 21.9 Å². The number of benzene rings is 3. The van der Waals surface area contributed by atoms with Crippen molar-refractivity contribution in [3.05, 3.63) is 77.8 Å². The molecule has 0 fully saturated rings. The van der Waals surface area contributed by atoms with E-state index < -0.39 is 0 Å². The van der Waals surface area contributed by atoms with Gasteiger partial charge in [-0.2, -0.15) is 0 Å². The van der Waals surface area contributed by atoms with Crippen molar-refractivity contribution in [3.63, 3.8) is 0 Å². The highest BCUT2D eigenvalue weighted by Crippen LogP contribution is 2.38. The second-order valence-corrected chi connectivity index (χ2v) is 6.59. The molecule has 1 aromatic heterocycles. The van der Waals surface area contributed by atoms with E-state index in [2.05, 4.69) is 18.2 Å². The molecule has 5 rings (SSSR count). The highest BCUT2D eigenvalue weighted by atomic mass is 35.5. The minimum atomic E-state index is 0. The molecule has 0 spiro atoms. The number of aromatic nitrogens is 1. The van der Waals surface area contributed by atoms with Crippen LogP contribution in [0.2, 0.25) is 5.02 Å². The van der Waals surface area contributed by atoms with Crippen LogP contribution in [0.5, 0.6) is 11.5 Å². The zero-order valence-corrected chi connectivity index (χ0v) is 15.7. The molecule has 0 unspecified atom stereocenters. The topological polar surface area (TPSA) is 31.4 Å². The van der Waals surface area contributed by atoms with Gasteiger partial charge in [-0.1, -0.05) is 41.9 Å². The molecule has 0 aliphatic carbocycles. The fraction of sp³-hybridized carbons (Fsp3) is 0.0455. The molecule has 0 saturated carbocycles. The monoisotopic (exact) mass is 394 g/mol. The summed E-state index contributed by atoms with van der Waals surface area (Å²) in [6, 6.07) is 24.1. The smallest absolute Gasteiger partial charge is 0.231 e. The Morgan fingerprint density at radius 1 is 0.778 bits per heavy atom. The van der Waals surface area contributed by atoms with Crippen molar-refractivity contribution in [2.75, 3.05) is 6.79 Å². The SMILES string of the molecule is Clc1ccc2nc(-c3ccc4c(c3)OCO4)cc(-c3ccccc3)c2c1.[Cl-]. The molecule has 0 atom stereocenters. The number of ether oxygens (including phenoxy) is 2. The summed E-state index contributed by atoms with van der Waals surface area (Å²) < 4.78 is 10.9. The maximum Gasteiger partial charge on any atom is 0.231 e. The number of pyridine rings is 1. The lowest BCUT2D eigenvalue weighted by Crippen LogP contribution is -3.00. The predicted octanol–water partition coefficient (Wildman–Crippen LogP) is 2.95. The first-order valence-electron chi connectivity index (χ1n) is 8.34. The second-order valence-electron chi connectivity index (χ2n) is 6.15. The summed E-state index contributed by atoms with van der Waals surface area (Å²) in [5, 5.41) is 1.74. The Morgan fingerprint density at radius 2 is 1.59 bits per heavy atom. The number of hydrogen-bond donors (Lipinski definition) is 0. The summed E-state index contributed by atoms with van der Waals surface area (Å²) in [4.78, 5) is 4.84. The van der Waals surface area contributed by atoms with E-state index in [1.807, 2.05) is 54.6 Å². The molecule has 5 heteroatoms. The molecule has 27 heavy (non-hydrogen) atoms. The van der Waals surface area contributed by atoms with Crippen molar-refractivity contribution in [2.24, 2.45) is 0 Å². The number of fused-ring (bicyclic) bond motifs is 2. The van der Waals surface area contributed by atoms with E-state index in [-0.39, 0.29) is 19.2 Å². The van der Waals surface area contributed by atoms with Crippen LogP contribution >= 0.6 is 11.6 Å². The van der Waals surface area contributed by atoms with Gasteiger partial charge in [-0.15, -0.1) is 0 Å². The third kappa shape index (κ3) is 3.20. The number of halogens is 2. The van der Waals surface area contributed by atoms with Crippen molar-refractivity contribution in [2.45, 2.75) is 0 Å². The van der Waals surface area contributed by atoms with Gasteiger partial charge in [0.25, 0.3) is 0 Å². The van der Waals surface area contributed by atoms with Crippen LogP contribution in [0.25, 0.3) is 33.3 Å². The van der Waals surface area contributed by atoms with E-state index in [9.17, 15) is 0 Å². The molecule has 4 aromatic rings. The Kier molecular flexibility index (Phi) is 4.65. The summed E-state index contributed by atoms with van der Waals surface area (Å²) in [5.41, 5.74) is 5.01. The van der Waals surface area contributed by atoms with Gasteiger partial charge in [-0.25, -0.2) is 4.98 Å². The third-order valence-corrected chi connectivity index (χ3v) is 4.76. The van der Waals surface area contributed by atoms with Gasteiger partial charge in [0, 0.05) is 16.0 Å². The molecule has 0 amide bonds. The maximum atomic E-state index is 6.24. The number of rotatable bonds is 2. The first kappa shape index (κ1) is 17.7. The van der Waals surface area contributed by atoms with Gasteiger partial charge in [0.2, 0.25) is 6.79 Å². The van der Waals surface area contributed by atoms with E-state index in [1.54, 1.807) is 0 Å². The zero-order valence-electron chi connectivity index (χ0n) is 14.2. The zero-order chi connectivity index (χ0) is 17.5. The highest BCUT2D eigenvalue weighted by molar-refractivity contribution is 6.31. The molecular formula is C22H14Cl2NO2-. The summed E-state index contributed by atoms with van der Waals surface area (Å²) in [7, 11) is 0. The van der Waals surface area contributed by atoms with Crippen LogP contribution in [0.3, 0.4) is 0 Å². The van der Waals surface area contributed by atoms with Crippen molar-refractivity contribution in [1.82, 2.24) is 4.98 Å². The fourth-order valence-electron chi connectivity index (χ4n) is 3.26. The first-order valence-corrected chi connectivity index (χ1v) is 8.71. The second kappa shape index (κ2) is 7.10. The molecule has 2 heterocycles. The van der Waals surface area contributed by atoms with E-state index in [0.29, 0.717) is 5.02 Å². The molecule has 0 saturated heterocycles. The normalized spacial score (nSPS) is 12.0. The molecule has 1 aliphatic heterocycles. The average Bonchev–Trinajstić information content (AvgIpc) is 3.15. The van der Waals surface area contributed by atoms with Crippen LogP contribution in [-0.2, 0) is 0 Å². The molecule has 3 nitrogen and oxygen atoms in total. The Morgan fingerprint density at radius 3 is 2.44 bits per heavy atom. The highest BCUT2D eigenvalue weighted by Gasteiger charge is 2.16. The van der Waals surface area contributed by atoms with Gasteiger partial charge in [-0.05, 0) is 53.6 Å². The van der Waals surface area contributed by atoms with Crippen molar-refractivity contribution < 1.29 is 21.9 Å². The van der Waals surface area contributed by atoms with Gasteiger partial charge in [0.15, 0.2) is 11.5 Å². The lowest BCUT2D eigenvalue weighted by atomic mass is 9.98. The Bertz CT molecular complexity index is 1130. The number of nitrogens with zero attached hydrogens (tertiary/aromatic N) is 1. The quantitative estimate of drug-likeness (QED) is 0.523. The van der Waals surface area contributed by atoms with E-state index in [1.165, 1.54) is 0 Å². The largest absolute Gasteiger partial charge is 1.00 e. The van der Waals surface area contributed by atoms with Crippen LogP contribution < -0.4 is 21.9 Å². The molecule has 0 bridgehead atoms. The molecule has 0 N–H and O–H groups in total. The Labute approximate surface area is 167 Å². The van der Waals surface area contributed by atoms with Crippen molar-refractivity contribution in [3.8, 4) is 33.9 Å². The van der Waals surface area contributed by atoms with Crippen molar-refractivity contribution in [1.29, 1.82) is 0 Å². The molecule has 0 radical (unpaired) electrons. The molecule has 134 valence electrons. The molecule has 1 aliphatic rings. The summed E-state index contributed by atoms with van der Waals surface area (Å²) in [6.07, 6.45) is 0. The first-order chi connectivity index (χ1) is 12.8. The lowest BCUT2D eigenvalue weighted by Gasteiger charge is -2.11. The summed E-state index contributed by atoms with van der Waals surface area (Å²) >= 11 is 6.24. The third-order valence-electron chi connectivity index (χ3n) is 4.52. The van der Waals surface area contributed by atoms with E-state index >= 15 is 0 Å². The van der Waals surface area contributed by atoms with Crippen molar-refractivity contribution >= 4 is 22.5 Å². The van der Waals surface area contributed by atoms with Gasteiger partial charge in [-0.3, -0.25) is 0 Å². The Hall–Kier alpha value is -2.75. The lowest BCUT2D eigenvalue weighted by molar-refractivity contribution is -0.00000649. The van der Waals surface area contributed by atoms with Crippen LogP contribution in [0.1, 0.15) is 0 Å². The van der Waals surface area contributed by atoms with Gasteiger partial charge in [0.1, 0.15) is 0 Å². The molecular weight excluding hydrogens is 381 g/mol.